The maximum Gasteiger partial charge on any atom is 0.317 e. The number of hydrogen-bond acceptors (Lipinski definition) is 3. The van der Waals surface area contributed by atoms with Crippen LogP contribution in [0.5, 0.6) is 0 Å². The zero-order valence-corrected chi connectivity index (χ0v) is 9.90. The van der Waals surface area contributed by atoms with Gasteiger partial charge in [-0.05, 0) is 19.8 Å². The largest absolute Gasteiger partial charge is 0.480 e. The van der Waals surface area contributed by atoms with Gasteiger partial charge in [0.2, 0.25) is 5.91 Å². The van der Waals surface area contributed by atoms with Crippen LogP contribution in [-0.4, -0.2) is 47.1 Å². The van der Waals surface area contributed by atoms with E-state index in [1.54, 1.807) is 0 Å². The van der Waals surface area contributed by atoms with Crippen LogP contribution >= 0.6 is 0 Å². The third-order valence-corrected chi connectivity index (χ3v) is 3.09. The Hall–Kier alpha value is -1.10. The Bertz CT molecular complexity index is 268. The minimum Gasteiger partial charge on any atom is -0.480 e. The van der Waals surface area contributed by atoms with Crippen LogP contribution in [0, 0.1) is 0 Å². The Morgan fingerprint density at radius 3 is 2.81 bits per heavy atom. The molecule has 0 aromatic carbocycles. The van der Waals surface area contributed by atoms with E-state index in [1.807, 2.05) is 18.7 Å². The van der Waals surface area contributed by atoms with Crippen LogP contribution in [0.15, 0.2) is 0 Å². The molecule has 0 radical (unpaired) electrons. The van der Waals surface area contributed by atoms with Gasteiger partial charge in [0.25, 0.3) is 0 Å². The molecule has 5 nitrogen and oxygen atoms in total. The molecule has 16 heavy (non-hydrogen) atoms. The zero-order chi connectivity index (χ0) is 12.1. The van der Waals surface area contributed by atoms with Crippen LogP contribution in [0.1, 0.15) is 33.1 Å². The van der Waals surface area contributed by atoms with Gasteiger partial charge in [0.05, 0.1) is 6.54 Å². The second-order valence-corrected chi connectivity index (χ2v) is 4.38. The quantitative estimate of drug-likeness (QED) is 0.692. The summed E-state index contributed by atoms with van der Waals surface area (Å²) in [5, 5.41) is 11.7. The van der Waals surface area contributed by atoms with Crippen molar-refractivity contribution in [3.05, 3.63) is 0 Å². The fourth-order valence-corrected chi connectivity index (χ4v) is 1.93. The number of nitrogens with zero attached hydrogens (tertiary/aromatic N) is 1. The van der Waals surface area contributed by atoms with Crippen molar-refractivity contribution in [2.24, 2.45) is 0 Å². The molecule has 5 heteroatoms. The number of amides is 1. The molecule has 92 valence electrons. The summed E-state index contributed by atoms with van der Waals surface area (Å²) < 4.78 is 0. The normalized spacial score (nSPS) is 22.2. The number of carboxylic acids is 1. The monoisotopic (exact) mass is 228 g/mol. The van der Waals surface area contributed by atoms with Crippen molar-refractivity contribution in [3.8, 4) is 0 Å². The molecule has 1 amide bonds. The average molecular weight is 228 g/mol. The zero-order valence-electron chi connectivity index (χ0n) is 9.90. The SMILES string of the molecule is CCC(C)N(CC(=O)O)CC1CCC(=O)N1. The predicted molar refractivity (Wildman–Crippen MR) is 60.1 cm³/mol. The van der Waals surface area contributed by atoms with Gasteiger partial charge in [-0.3, -0.25) is 14.5 Å². The number of carbonyl (C=O) groups excluding carboxylic acids is 1. The number of rotatable bonds is 6. The van der Waals surface area contributed by atoms with E-state index in [0.29, 0.717) is 13.0 Å². The maximum atomic E-state index is 11.1. The van der Waals surface area contributed by atoms with Crippen LogP contribution < -0.4 is 5.32 Å². The summed E-state index contributed by atoms with van der Waals surface area (Å²) >= 11 is 0. The standard InChI is InChI=1S/C11H20N2O3/c1-3-8(2)13(7-11(15)16)6-9-4-5-10(14)12-9/h8-9H,3-7H2,1-2H3,(H,12,14)(H,15,16). The molecule has 1 rings (SSSR count). The highest BCUT2D eigenvalue weighted by atomic mass is 16.4. The predicted octanol–water partition coefficient (Wildman–Crippen LogP) is 0.450. The fraction of sp³-hybridized carbons (Fsp3) is 0.818. The summed E-state index contributed by atoms with van der Waals surface area (Å²) in [6.45, 7) is 4.72. The van der Waals surface area contributed by atoms with Gasteiger partial charge in [0, 0.05) is 25.0 Å². The lowest BCUT2D eigenvalue weighted by Crippen LogP contribution is -2.45. The molecule has 2 atom stereocenters. The van der Waals surface area contributed by atoms with Gasteiger partial charge in [0.1, 0.15) is 0 Å². The molecule has 0 aromatic rings. The summed E-state index contributed by atoms with van der Waals surface area (Å²) in [6.07, 6.45) is 2.28. The lowest BCUT2D eigenvalue weighted by Gasteiger charge is -2.29. The van der Waals surface area contributed by atoms with E-state index in [0.717, 1.165) is 12.8 Å². The van der Waals surface area contributed by atoms with Crippen LogP contribution in [0.2, 0.25) is 0 Å². The molecule has 0 saturated carbocycles. The average Bonchev–Trinajstić information content (AvgIpc) is 2.61. The van der Waals surface area contributed by atoms with Crippen molar-refractivity contribution >= 4 is 11.9 Å². The van der Waals surface area contributed by atoms with Gasteiger partial charge in [-0.25, -0.2) is 0 Å². The Labute approximate surface area is 95.8 Å². The van der Waals surface area contributed by atoms with E-state index < -0.39 is 5.97 Å². The first-order valence-corrected chi connectivity index (χ1v) is 5.78. The molecule has 1 heterocycles. The van der Waals surface area contributed by atoms with Gasteiger partial charge in [-0.15, -0.1) is 0 Å². The Morgan fingerprint density at radius 1 is 1.69 bits per heavy atom. The van der Waals surface area contributed by atoms with Gasteiger partial charge in [-0.2, -0.15) is 0 Å². The number of hydrogen-bond donors (Lipinski definition) is 2. The first-order chi connectivity index (χ1) is 7.52. The van der Waals surface area contributed by atoms with Crippen molar-refractivity contribution in [3.63, 3.8) is 0 Å². The van der Waals surface area contributed by atoms with Gasteiger partial charge in [0.15, 0.2) is 0 Å². The third-order valence-electron chi connectivity index (χ3n) is 3.09. The molecule has 0 spiro atoms. The highest BCUT2D eigenvalue weighted by molar-refractivity contribution is 5.78. The van der Waals surface area contributed by atoms with Crippen LogP contribution in [0.3, 0.4) is 0 Å². The Kier molecular flexibility index (Phi) is 4.73. The second kappa shape index (κ2) is 5.84. The number of aliphatic carboxylic acids is 1. The molecule has 0 bridgehead atoms. The van der Waals surface area contributed by atoms with E-state index in [2.05, 4.69) is 5.32 Å². The molecular weight excluding hydrogens is 208 g/mol. The summed E-state index contributed by atoms with van der Waals surface area (Å²) in [5.74, 6) is -0.742. The highest BCUT2D eigenvalue weighted by Gasteiger charge is 2.25. The van der Waals surface area contributed by atoms with Crippen LogP contribution in [0.4, 0.5) is 0 Å². The van der Waals surface area contributed by atoms with Crippen LogP contribution in [0.25, 0.3) is 0 Å². The molecule has 0 aliphatic carbocycles. The number of carbonyl (C=O) groups is 2. The molecule has 1 fully saturated rings. The maximum absolute atomic E-state index is 11.1. The summed E-state index contributed by atoms with van der Waals surface area (Å²) in [7, 11) is 0. The first-order valence-electron chi connectivity index (χ1n) is 5.78. The minimum atomic E-state index is -0.815. The van der Waals surface area contributed by atoms with E-state index in [4.69, 9.17) is 5.11 Å². The van der Waals surface area contributed by atoms with Crippen molar-refractivity contribution in [2.75, 3.05) is 13.1 Å². The third kappa shape index (κ3) is 3.81. The van der Waals surface area contributed by atoms with E-state index in [1.165, 1.54) is 0 Å². The summed E-state index contributed by atoms with van der Waals surface area (Å²) in [6, 6.07) is 0.342. The number of nitrogens with one attached hydrogen (secondary N) is 1. The molecular formula is C11H20N2O3. The number of carboxylic acid groups (broad SMARTS) is 1. The lowest BCUT2D eigenvalue weighted by molar-refractivity contribution is -0.138. The smallest absolute Gasteiger partial charge is 0.317 e. The fourth-order valence-electron chi connectivity index (χ4n) is 1.93. The first kappa shape index (κ1) is 13.0. The van der Waals surface area contributed by atoms with Gasteiger partial charge < -0.3 is 10.4 Å². The molecule has 1 aliphatic rings. The molecule has 0 aromatic heterocycles. The molecule has 1 saturated heterocycles. The van der Waals surface area contributed by atoms with Crippen molar-refractivity contribution in [2.45, 2.75) is 45.2 Å². The molecule has 2 N–H and O–H groups in total. The highest BCUT2D eigenvalue weighted by Crippen LogP contribution is 2.11. The van der Waals surface area contributed by atoms with E-state index in [9.17, 15) is 9.59 Å². The van der Waals surface area contributed by atoms with Crippen molar-refractivity contribution < 1.29 is 14.7 Å². The summed E-state index contributed by atoms with van der Waals surface area (Å²) in [5.41, 5.74) is 0. The molecule has 1 aliphatic heterocycles. The van der Waals surface area contributed by atoms with Crippen molar-refractivity contribution in [1.29, 1.82) is 0 Å². The van der Waals surface area contributed by atoms with Crippen LogP contribution in [-0.2, 0) is 9.59 Å². The van der Waals surface area contributed by atoms with Crippen molar-refractivity contribution in [1.82, 2.24) is 10.2 Å². The van der Waals surface area contributed by atoms with Gasteiger partial charge in [-0.1, -0.05) is 6.92 Å². The van der Waals surface area contributed by atoms with Gasteiger partial charge >= 0.3 is 5.97 Å². The molecule has 2 unspecified atom stereocenters. The Balaban J connectivity index is 2.49. The van der Waals surface area contributed by atoms with E-state index >= 15 is 0 Å². The second-order valence-electron chi connectivity index (χ2n) is 4.38. The minimum absolute atomic E-state index is 0.0430. The van der Waals surface area contributed by atoms with E-state index in [-0.39, 0.29) is 24.5 Å². The Morgan fingerprint density at radius 2 is 2.38 bits per heavy atom. The lowest BCUT2D eigenvalue weighted by atomic mass is 10.1. The summed E-state index contributed by atoms with van der Waals surface area (Å²) in [4.78, 5) is 23.7. The topological polar surface area (TPSA) is 69.6 Å².